The van der Waals surface area contributed by atoms with Crippen LogP contribution in [-0.2, 0) is 0 Å². The summed E-state index contributed by atoms with van der Waals surface area (Å²) in [5.74, 6) is -0.439. The zero-order valence-corrected chi connectivity index (χ0v) is 9.20. The highest BCUT2D eigenvalue weighted by Gasteiger charge is 2.25. The minimum absolute atomic E-state index is 0.149. The van der Waals surface area contributed by atoms with Crippen LogP contribution in [0.3, 0.4) is 0 Å². The Bertz CT molecular complexity index is 421. The number of likely N-dealkylation sites (N-methyl/N-ethyl adjacent to an activating group) is 1. The zero-order chi connectivity index (χ0) is 11.5. The van der Waals surface area contributed by atoms with Gasteiger partial charge in [0.05, 0.1) is 11.7 Å². The fraction of sp³-hybridized carbons (Fsp3) is 0.417. The summed E-state index contributed by atoms with van der Waals surface area (Å²) in [5, 5.41) is 12.2. The van der Waals surface area contributed by atoms with Crippen molar-refractivity contribution in [3.8, 4) is 6.07 Å². The molecule has 1 heterocycles. The second-order valence-corrected chi connectivity index (χ2v) is 3.84. The van der Waals surface area contributed by atoms with E-state index in [4.69, 9.17) is 5.26 Å². The summed E-state index contributed by atoms with van der Waals surface area (Å²) < 4.78 is 13.5. The van der Waals surface area contributed by atoms with E-state index in [0.29, 0.717) is 11.7 Å². The van der Waals surface area contributed by atoms with E-state index in [1.54, 1.807) is 6.07 Å². The van der Waals surface area contributed by atoms with Crippen molar-refractivity contribution in [1.82, 2.24) is 5.32 Å². The molecule has 84 valence electrons. The molecule has 1 fully saturated rings. The highest BCUT2D eigenvalue weighted by molar-refractivity contribution is 5.60. The minimum atomic E-state index is -0.439. The van der Waals surface area contributed by atoms with E-state index in [1.165, 1.54) is 6.07 Å². The van der Waals surface area contributed by atoms with Gasteiger partial charge in [-0.2, -0.15) is 5.26 Å². The molecule has 0 radical (unpaired) electrons. The van der Waals surface area contributed by atoms with E-state index in [2.05, 4.69) is 10.2 Å². The molecule has 1 aliphatic rings. The Morgan fingerprint density at radius 2 is 2.31 bits per heavy atom. The molecule has 0 saturated carbocycles. The first-order chi connectivity index (χ1) is 7.77. The molecule has 1 saturated heterocycles. The Morgan fingerprint density at radius 3 is 2.81 bits per heavy atom. The van der Waals surface area contributed by atoms with E-state index in [0.717, 1.165) is 19.6 Å². The summed E-state index contributed by atoms with van der Waals surface area (Å²) in [6, 6.07) is 7.11. The summed E-state index contributed by atoms with van der Waals surface area (Å²) in [5.41, 5.74) is 0.854. The van der Waals surface area contributed by atoms with Gasteiger partial charge in [0, 0.05) is 19.6 Å². The van der Waals surface area contributed by atoms with Gasteiger partial charge in [0.2, 0.25) is 0 Å². The van der Waals surface area contributed by atoms with Crippen LogP contribution < -0.4 is 10.2 Å². The van der Waals surface area contributed by atoms with Crippen molar-refractivity contribution < 1.29 is 4.39 Å². The molecule has 3 nitrogen and oxygen atoms in total. The molecule has 1 aliphatic heterocycles. The molecule has 2 rings (SSSR count). The van der Waals surface area contributed by atoms with Crippen molar-refractivity contribution in [2.45, 2.75) is 13.0 Å². The lowest BCUT2D eigenvalue weighted by Crippen LogP contribution is -2.57. The van der Waals surface area contributed by atoms with Gasteiger partial charge in [0.25, 0.3) is 0 Å². The van der Waals surface area contributed by atoms with Gasteiger partial charge in [0.1, 0.15) is 17.4 Å². The Morgan fingerprint density at radius 1 is 1.56 bits per heavy atom. The molecule has 1 N–H and O–H groups in total. The van der Waals surface area contributed by atoms with Crippen LogP contribution in [0.1, 0.15) is 12.5 Å². The maximum atomic E-state index is 13.5. The monoisotopic (exact) mass is 219 g/mol. The Kier molecular flexibility index (Phi) is 3.07. The van der Waals surface area contributed by atoms with Crippen molar-refractivity contribution >= 4 is 5.69 Å². The van der Waals surface area contributed by atoms with Gasteiger partial charge < -0.3 is 10.2 Å². The van der Waals surface area contributed by atoms with Crippen molar-refractivity contribution in [1.29, 1.82) is 5.26 Å². The number of nitrogens with one attached hydrogen (secondary N) is 1. The fourth-order valence-corrected chi connectivity index (χ4v) is 1.98. The van der Waals surface area contributed by atoms with Crippen molar-refractivity contribution in [3.63, 3.8) is 0 Å². The lowest BCUT2D eigenvalue weighted by atomic mass is 10.1. The van der Waals surface area contributed by atoms with Gasteiger partial charge in [-0.1, -0.05) is 6.07 Å². The first kappa shape index (κ1) is 10.9. The first-order valence-corrected chi connectivity index (χ1v) is 5.44. The van der Waals surface area contributed by atoms with Crippen molar-refractivity contribution in [2.24, 2.45) is 0 Å². The summed E-state index contributed by atoms with van der Waals surface area (Å²) in [6.07, 6.45) is 0. The minimum Gasteiger partial charge on any atom is -0.365 e. The number of hydrogen-bond donors (Lipinski definition) is 1. The standard InChI is InChI=1S/C12H14FN3/c1-2-16(9-7-15-8-9)12-5-3-4-11(13)10(12)6-14/h3-5,9,15H,2,7-8H2,1H3. The molecule has 16 heavy (non-hydrogen) atoms. The molecule has 0 aromatic heterocycles. The molecule has 0 atom stereocenters. The van der Waals surface area contributed by atoms with Crippen molar-refractivity contribution in [3.05, 3.63) is 29.6 Å². The number of rotatable bonds is 3. The average molecular weight is 219 g/mol. The van der Waals surface area contributed by atoms with Crippen LogP contribution in [0.4, 0.5) is 10.1 Å². The third-order valence-corrected chi connectivity index (χ3v) is 2.95. The van der Waals surface area contributed by atoms with Gasteiger partial charge in [-0.15, -0.1) is 0 Å². The summed E-state index contributed by atoms with van der Waals surface area (Å²) in [7, 11) is 0. The van der Waals surface area contributed by atoms with Gasteiger partial charge in [-0.05, 0) is 19.1 Å². The van der Waals surface area contributed by atoms with Crippen LogP contribution in [-0.4, -0.2) is 25.7 Å². The molecule has 0 spiro atoms. The number of nitriles is 1. The number of nitrogens with zero attached hydrogens (tertiary/aromatic N) is 2. The third-order valence-electron chi connectivity index (χ3n) is 2.95. The average Bonchev–Trinajstić information content (AvgIpc) is 2.22. The quantitative estimate of drug-likeness (QED) is 0.837. The topological polar surface area (TPSA) is 39.1 Å². The second kappa shape index (κ2) is 4.50. The maximum Gasteiger partial charge on any atom is 0.143 e. The molecule has 0 bridgehead atoms. The van der Waals surface area contributed by atoms with Crippen LogP contribution >= 0.6 is 0 Å². The van der Waals surface area contributed by atoms with Gasteiger partial charge in [-0.3, -0.25) is 0 Å². The predicted molar refractivity (Wildman–Crippen MR) is 60.8 cm³/mol. The number of anilines is 1. The summed E-state index contributed by atoms with van der Waals surface area (Å²) in [4.78, 5) is 2.08. The lowest BCUT2D eigenvalue weighted by Gasteiger charge is -2.39. The van der Waals surface area contributed by atoms with Crippen LogP contribution in [0.15, 0.2) is 18.2 Å². The van der Waals surface area contributed by atoms with Crippen LogP contribution in [0.2, 0.25) is 0 Å². The van der Waals surface area contributed by atoms with Gasteiger partial charge >= 0.3 is 0 Å². The normalized spacial score (nSPS) is 15.3. The van der Waals surface area contributed by atoms with Gasteiger partial charge in [-0.25, -0.2) is 4.39 Å². The van der Waals surface area contributed by atoms with Crippen LogP contribution in [0.25, 0.3) is 0 Å². The molecule has 0 unspecified atom stereocenters. The number of benzene rings is 1. The SMILES string of the molecule is CCN(c1cccc(F)c1C#N)C1CNC1. The molecule has 0 amide bonds. The molecule has 4 heteroatoms. The first-order valence-electron chi connectivity index (χ1n) is 5.44. The smallest absolute Gasteiger partial charge is 0.143 e. The van der Waals surface area contributed by atoms with Crippen LogP contribution in [0.5, 0.6) is 0 Å². The van der Waals surface area contributed by atoms with Crippen molar-refractivity contribution in [2.75, 3.05) is 24.5 Å². The highest BCUT2D eigenvalue weighted by Crippen LogP contribution is 2.25. The highest BCUT2D eigenvalue weighted by atomic mass is 19.1. The number of hydrogen-bond acceptors (Lipinski definition) is 3. The Balaban J connectivity index is 2.37. The molecule has 1 aromatic rings. The lowest BCUT2D eigenvalue weighted by molar-refractivity contribution is 0.417. The van der Waals surface area contributed by atoms with E-state index >= 15 is 0 Å². The Hall–Kier alpha value is -1.60. The zero-order valence-electron chi connectivity index (χ0n) is 9.20. The van der Waals surface area contributed by atoms with Gasteiger partial charge in [0.15, 0.2) is 0 Å². The summed E-state index contributed by atoms with van der Waals surface area (Å²) >= 11 is 0. The second-order valence-electron chi connectivity index (χ2n) is 3.84. The summed E-state index contributed by atoms with van der Waals surface area (Å²) in [6.45, 7) is 4.60. The number of halogens is 1. The molecule has 1 aromatic carbocycles. The third kappa shape index (κ3) is 1.74. The Labute approximate surface area is 94.5 Å². The predicted octanol–water partition coefficient (Wildman–Crippen LogP) is 1.50. The van der Waals surface area contributed by atoms with E-state index < -0.39 is 5.82 Å². The molecule has 0 aliphatic carbocycles. The van der Waals surface area contributed by atoms with Crippen LogP contribution in [0, 0.1) is 17.1 Å². The van der Waals surface area contributed by atoms with E-state index in [-0.39, 0.29) is 5.56 Å². The maximum absolute atomic E-state index is 13.5. The van der Waals surface area contributed by atoms with E-state index in [1.807, 2.05) is 19.1 Å². The molecular formula is C12H14FN3. The van der Waals surface area contributed by atoms with E-state index in [9.17, 15) is 4.39 Å². The fourth-order valence-electron chi connectivity index (χ4n) is 1.98. The largest absolute Gasteiger partial charge is 0.365 e. The molecular weight excluding hydrogens is 205 g/mol.